The van der Waals surface area contributed by atoms with Crippen molar-refractivity contribution in [3.05, 3.63) is 95.1 Å². The van der Waals surface area contributed by atoms with Crippen LogP contribution in [0.5, 0.6) is 5.75 Å². The third kappa shape index (κ3) is 9.87. The number of carbonyl (C=O) groups is 3. The maximum absolute atomic E-state index is 14.6. The van der Waals surface area contributed by atoms with E-state index in [-0.39, 0.29) is 18.1 Å². The minimum atomic E-state index is -1.03. The molecule has 0 heterocycles. The number of hydrogen-bond acceptors (Lipinski definition) is 5. The molecule has 0 spiro atoms. The first-order chi connectivity index (χ1) is 20.4. The highest BCUT2D eigenvalue weighted by atomic mass is 16.6. The molecule has 2 unspecified atom stereocenters. The van der Waals surface area contributed by atoms with E-state index in [2.05, 4.69) is 17.6 Å². The van der Waals surface area contributed by atoms with Crippen molar-refractivity contribution < 1.29 is 24.2 Å². The molecule has 0 radical (unpaired) electrons. The zero-order valence-electron chi connectivity index (χ0n) is 26.1. The van der Waals surface area contributed by atoms with E-state index in [9.17, 15) is 19.5 Å². The highest BCUT2D eigenvalue weighted by Crippen LogP contribution is 2.29. The highest BCUT2D eigenvalue weighted by Gasteiger charge is 2.36. The fourth-order valence-corrected chi connectivity index (χ4v) is 4.83. The van der Waals surface area contributed by atoms with Gasteiger partial charge in [-0.05, 0) is 81.5 Å². The first-order valence-electron chi connectivity index (χ1n) is 14.9. The van der Waals surface area contributed by atoms with Crippen molar-refractivity contribution in [3.63, 3.8) is 0 Å². The van der Waals surface area contributed by atoms with E-state index in [1.54, 1.807) is 44.7 Å². The number of para-hydroxylation sites is 1. The molecule has 2 atom stereocenters. The van der Waals surface area contributed by atoms with Crippen LogP contribution in [0.15, 0.2) is 72.8 Å². The summed E-state index contributed by atoms with van der Waals surface area (Å²) in [6.45, 7) is 11.3. The molecule has 8 nitrogen and oxygen atoms in total. The second-order valence-corrected chi connectivity index (χ2v) is 11.9. The number of alkyl carbamates (subject to hydrolysis) is 1. The summed E-state index contributed by atoms with van der Waals surface area (Å²) in [5, 5.41) is 16.1. The quantitative estimate of drug-likeness (QED) is 0.201. The number of nitrogens with zero attached hydrogens (tertiary/aromatic N) is 1. The molecule has 3 aromatic rings. The third-order valence-corrected chi connectivity index (χ3v) is 7.06. The molecule has 43 heavy (non-hydrogen) atoms. The summed E-state index contributed by atoms with van der Waals surface area (Å²) >= 11 is 0. The Bertz CT molecular complexity index is 1380. The van der Waals surface area contributed by atoms with Crippen molar-refractivity contribution in [2.45, 2.75) is 84.9 Å². The first kappa shape index (κ1) is 33.2. The largest absolute Gasteiger partial charge is 0.508 e. The van der Waals surface area contributed by atoms with Gasteiger partial charge in [-0.2, -0.15) is 0 Å². The molecule has 0 saturated carbocycles. The number of carbonyl (C=O) groups excluding carboxylic acids is 3. The van der Waals surface area contributed by atoms with Crippen LogP contribution in [-0.4, -0.2) is 46.1 Å². The fourth-order valence-electron chi connectivity index (χ4n) is 4.83. The summed E-state index contributed by atoms with van der Waals surface area (Å²) in [7, 11) is 0. The summed E-state index contributed by atoms with van der Waals surface area (Å²) in [5.41, 5.74) is 2.76. The Kier molecular flexibility index (Phi) is 11.8. The number of ether oxygens (including phenoxy) is 1. The third-order valence-electron chi connectivity index (χ3n) is 7.06. The van der Waals surface area contributed by atoms with Gasteiger partial charge in [0, 0.05) is 18.7 Å². The molecule has 0 aliphatic carbocycles. The lowest BCUT2D eigenvalue weighted by atomic mass is 9.98. The number of aryl methyl sites for hydroxylation is 2. The molecule has 3 rings (SSSR count). The number of nitrogens with one attached hydrogen (secondary N) is 2. The number of phenols is 1. The van der Waals surface area contributed by atoms with Crippen molar-refractivity contribution >= 4 is 23.6 Å². The SMILES string of the molecule is CCCCCN(C(=O)C(Cc1ccccc1)NC(=O)OC(C)(C)C)C(C(=O)Nc1ccccc1C)c1ccc(O)c(C)c1. The van der Waals surface area contributed by atoms with E-state index in [0.29, 0.717) is 29.8 Å². The molecule has 3 N–H and O–H groups in total. The van der Waals surface area contributed by atoms with Crippen molar-refractivity contribution in [3.8, 4) is 5.75 Å². The molecule has 230 valence electrons. The lowest BCUT2D eigenvalue weighted by Crippen LogP contribution is -2.53. The number of anilines is 1. The van der Waals surface area contributed by atoms with Gasteiger partial charge in [0.05, 0.1) is 0 Å². The predicted molar refractivity (Wildman–Crippen MR) is 170 cm³/mol. The van der Waals surface area contributed by atoms with Crippen LogP contribution < -0.4 is 10.6 Å². The molecule has 0 fully saturated rings. The normalized spacial score (nSPS) is 12.6. The number of rotatable bonds is 12. The molecule has 0 aliphatic heterocycles. The molecule has 3 amide bonds. The predicted octanol–water partition coefficient (Wildman–Crippen LogP) is 6.84. The Labute approximate surface area is 255 Å². The van der Waals surface area contributed by atoms with E-state index < -0.39 is 29.7 Å². The van der Waals surface area contributed by atoms with Crippen LogP contribution in [0.1, 0.15) is 75.3 Å². The van der Waals surface area contributed by atoms with Crippen molar-refractivity contribution in [2.75, 3.05) is 11.9 Å². The summed E-state index contributed by atoms with van der Waals surface area (Å²) < 4.78 is 5.52. The first-order valence-corrected chi connectivity index (χ1v) is 14.9. The van der Waals surface area contributed by atoms with Gasteiger partial charge in [-0.3, -0.25) is 9.59 Å². The van der Waals surface area contributed by atoms with Crippen LogP contribution >= 0.6 is 0 Å². The van der Waals surface area contributed by atoms with Gasteiger partial charge in [-0.1, -0.05) is 74.4 Å². The van der Waals surface area contributed by atoms with Gasteiger partial charge in [0.25, 0.3) is 5.91 Å². The van der Waals surface area contributed by atoms with E-state index in [1.165, 1.54) is 6.07 Å². The van der Waals surface area contributed by atoms with Crippen LogP contribution in [0.25, 0.3) is 0 Å². The molecule has 0 saturated heterocycles. The minimum Gasteiger partial charge on any atom is -0.508 e. The Balaban J connectivity index is 2.09. The zero-order valence-corrected chi connectivity index (χ0v) is 26.1. The Morgan fingerprint density at radius 3 is 2.21 bits per heavy atom. The average Bonchev–Trinajstić information content (AvgIpc) is 2.94. The Morgan fingerprint density at radius 1 is 0.907 bits per heavy atom. The van der Waals surface area contributed by atoms with Gasteiger partial charge in [0.1, 0.15) is 23.4 Å². The number of hydrogen-bond donors (Lipinski definition) is 3. The van der Waals surface area contributed by atoms with Gasteiger partial charge in [0.15, 0.2) is 0 Å². The van der Waals surface area contributed by atoms with Gasteiger partial charge in [-0.25, -0.2) is 4.79 Å². The van der Waals surface area contributed by atoms with Crippen LogP contribution in [0.3, 0.4) is 0 Å². The molecular weight excluding hydrogens is 542 g/mol. The lowest BCUT2D eigenvalue weighted by Gasteiger charge is -2.35. The summed E-state index contributed by atoms with van der Waals surface area (Å²) in [6, 6.07) is 19.8. The number of unbranched alkanes of at least 4 members (excludes halogenated alkanes) is 2. The molecular formula is C35H45N3O5. The van der Waals surface area contributed by atoms with E-state index in [4.69, 9.17) is 4.74 Å². The Morgan fingerprint density at radius 2 is 1.58 bits per heavy atom. The summed E-state index contributed by atoms with van der Waals surface area (Å²) in [6.07, 6.45) is 1.94. The number of benzene rings is 3. The number of phenolic OH excluding ortho intramolecular Hbond substituents is 1. The lowest BCUT2D eigenvalue weighted by molar-refractivity contribution is -0.140. The Hall–Kier alpha value is -4.33. The van der Waals surface area contributed by atoms with Crippen molar-refractivity contribution in [1.29, 1.82) is 0 Å². The summed E-state index contributed by atoms with van der Waals surface area (Å²) in [4.78, 5) is 43.2. The molecule has 0 bridgehead atoms. The number of amides is 3. The molecule has 0 aliphatic rings. The maximum Gasteiger partial charge on any atom is 0.408 e. The fraction of sp³-hybridized carbons (Fsp3) is 0.400. The molecule has 0 aromatic heterocycles. The van der Waals surface area contributed by atoms with Crippen LogP contribution in [0, 0.1) is 13.8 Å². The maximum atomic E-state index is 14.6. The minimum absolute atomic E-state index is 0.0965. The van der Waals surface area contributed by atoms with Crippen LogP contribution in [-0.2, 0) is 20.7 Å². The smallest absolute Gasteiger partial charge is 0.408 e. The zero-order chi connectivity index (χ0) is 31.6. The molecule has 3 aromatic carbocycles. The highest BCUT2D eigenvalue weighted by molar-refractivity contribution is 5.99. The van der Waals surface area contributed by atoms with Crippen molar-refractivity contribution in [2.24, 2.45) is 0 Å². The number of aromatic hydroxyl groups is 1. The second-order valence-electron chi connectivity index (χ2n) is 11.9. The average molecular weight is 588 g/mol. The van der Waals surface area contributed by atoms with Crippen LogP contribution in [0.2, 0.25) is 0 Å². The van der Waals surface area contributed by atoms with Crippen molar-refractivity contribution in [1.82, 2.24) is 10.2 Å². The van der Waals surface area contributed by atoms with E-state index >= 15 is 0 Å². The summed E-state index contributed by atoms with van der Waals surface area (Å²) in [5.74, 6) is -0.694. The topological polar surface area (TPSA) is 108 Å². The molecule has 8 heteroatoms. The van der Waals surface area contributed by atoms with E-state index in [0.717, 1.165) is 24.0 Å². The van der Waals surface area contributed by atoms with Gasteiger partial charge in [0.2, 0.25) is 5.91 Å². The monoisotopic (exact) mass is 587 g/mol. The van der Waals surface area contributed by atoms with Gasteiger partial charge >= 0.3 is 6.09 Å². The van der Waals surface area contributed by atoms with E-state index in [1.807, 2.05) is 61.5 Å². The van der Waals surface area contributed by atoms with Gasteiger partial charge in [-0.15, -0.1) is 0 Å². The van der Waals surface area contributed by atoms with Gasteiger partial charge < -0.3 is 25.4 Å². The van der Waals surface area contributed by atoms with Crippen LogP contribution in [0.4, 0.5) is 10.5 Å². The second kappa shape index (κ2) is 15.2. The standard InChI is InChI=1S/C35H45N3O5/c1-7-8-14-21-38(33(41)29(23-26-16-10-9-11-17-26)37-34(42)43-35(4,5)6)31(27-19-20-30(39)25(3)22-27)32(40)36-28-18-13-12-15-24(28)2/h9-13,15-20,22,29,31,39H,7-8,14,21,23H2,1-6H3,(H,36,40)(H,37,42).